The highest BCUT2D eigenvalue weighted by atomic mass is 32.2. The van der Waals surface area contributed by atoms with Gasteiger partial charge < -0.3 is 33.7 Å². The summed E-state index contributed by atoms with van der Waals surface area (Å²) in [7, 11) is 9.82. The zero-order valence-corrected chi connectivity index (χ0v) is 20.1. The van der Waals surface area contributed by atoms with Crippen LogP contribution in [0.15, 0.2) is 35.7 Å². The van der Waals surface area contributed by atoms with Gasteiger partial charge in [0.1, 0.15) is 34.2 Å². The van der Waals surface area contributed by atoms with Crippen LogP contribution in [-0.2, 0) is 21.7 Å². The van der Waals surface area contributed by atoms with E-state index in [1.807, 2.05) is 20.2 Å². The van der Waals surface area contributed by atoms with Crippen molar-refractivity contribution in [1.29, 1.82) is 0 Å². The molecule has 8 nitrogen and oxygen atoms in total. The smallest absolute Gasteiger partial charge is 0.238 e. The van der Waals surface area contributed by atoms with E-state index in [0.717, 1.165) is 5.56 Å². The topological polar surface area (TPSA) is 92.3 Å². The molecule has 0 fully saturated rings. The number of rotatable bonds is 11. The maximum atomic E-state index is 12.7. The van der Waals surface area contributed by atoms with E-state index in [4.69, 9.17) is 18.9 Å². The highest BCUT2D eigenvalue weighted by Crippen LogP contribution is 2.35. The van der Waals surface area contributed by atoms with Gasteiger partial charge in [-0.3, -0.25) is 4.79 Å². The largest absolute Gasteiger partial charge is 0.612 e. The number of likely N-dealkylation sites (N-methyl/N-ethyl adjacent to an activating group) is 1. The molecule has 32 heavy (non-hydrogen) atoms. The summed E-state index contributed by atoms with van der Waals surface area (Å²) in [5.74, 6) is 2.33. The predicted octanol–water partition coefficient (Wildman–Crippen LogP) is 3.14. The van der Waals surface area contributed by atoms with Crippen molar-refractivity contribution < 1.29 is 28.3 Å². The quantitative estimate of drug-likeness (QED) is 0.513. The normalized spacial score (nSPS) is 12.0. The van der Waals surface area contributed by atoms with Gasteiger partial charge in [0.15, 0.2) is 0 Å². The lowest BCUT2D eigenvalue weighted by atomic mass is 10.1. The van der Waals surface area contributed by atoms with Crippen LogP contribution in [0.1, 0.15) is 11.1 Å². The second-order valence-corrected chi connectivity index (χ2v) is 8.42. The molecule has 1 amide bonds. The van der Waals surface area contributed by atoms with E-state index in [1.165, 1.54) is 7.11 Å². The molecule has 0 aliphatic rings. The van der Waals surface area contributed by atoms with E-state index in [0.29, 0.717) is 34.2 Å². The second-order valence-electron chi connectivity index (χ2n) is 7.09. The first kappa shape index (κ1) is 25.4. The van der Waals surface area contributed by atoms with Gasteiger partial charge in [-0.05, 0) is 37.4 Å². The lowest BCUT2D eigenvalue weighted by Crippen LogP contribution is -2.27. The van der Waals surface area contributed by atoms with Crippen LogP contribution >= 0.6 is 0 Å². The number of carbonyl (C=O) groups excluding carboxylic acids is 1. The summed E-state index contributed by atoms with van der Waals surface area (Å²) < 4.78 is 34.2. The zero-order valence-electron chi connectivity index (χ0n) is 19.3. The Labute approximate surface area is 192 Å². The minimum atomic E-state index is -1.32. The number of carbonyl (C=O) groups is 1. The van der Waals surface area contributed by atoms with E-state index in [9.17, 15) is 9.35 Å². The van der Waals surface area contributed by atoms with Gasteiger partial charge in [-0.1, -0.05) is 6.07 Å². The van der Waals surface area contributed by atoms with Crippen LogP contribution in [0, 0.1) is 0 Å². The van der Waals surface area contributed by atoms with Gasteiger partial charge in [0.05, 0.1) is 46.2 Å². The van der Waals surface area contributed by atoms with Crippen LogP contribution in [0.2, 0.25) is 0 Å². The van der Waals surface area contributed by atoms with Crippen molar-refractivity contribution in [3.8, 4) is 23.0 Å². The molecule has 2 aromatic carbocycles. The van der Waals surface area contributed by atoms with Crippen molar-refractivity contribution in [2.75, 3.05) is 54.4 Å². The molecular weight excluding hydrogens is 432 g/mol. The third-order valence-electron chi connectivity index (χ3n) is 4.45. The number of anilines is 1. The first-order valence-corrected chi connectivity index (χ1v) is 11.2. The number of nitrogens with zero attached hydrogens (tertiary/aromatic N) is 1. The van der Waals surface area contributed by atoms with Gasteiger partial charge in [0, 0.05) is 23.8 Å². The van der Waals surface area contributed by atoms with Crippen LogP contribution in [0.3, 0.4) is 0 Å². The Morgan fingerprint density at radius 1 is 1.00 bits per heavy atom. The van der Waals surface area contributed by atoms with Crippen LogP contribution in [0.25, 0.3) is 6.08 Å². The summed E-state index contributed by atoms with van der Waals surface area (Å²) >= 11 is -1.32. The van der Waals surface area contributed by atoms with Crippen molar-refractivity contribution in [3.05, 3.63) is 46.9 Å². The third kappa shape index (κ3) is 7.08. The molecule has 9 heteroatoms. The second kappa shape index (κ2) is 12.2. The van der Waals surface area contributed by atoms with Gasteiger partial charge in [0.25, 0.3) is 0 Å². The summed E-state index contributed by atoms with van der Waals surface area (Å²) in [4.78, 5) is 13.9. The first-order chi connectivity index (χ1) is 15.3. The molecule has 0 aromatic heterocycles. The average molecular weight is 463 g/mol. The van der Waals surface area contributed by atoms with Crippen LogP contribution in [0.5, 0.6) is 23.0 Å². The van der Waals surface area contributed by atoms with E-state index in [1.54, 1.807) is 62.0 Å². The van der Waals surface area contributed by atoms with E-state index < -0.39 is 11.2 Å². The molecule has 1 N–H and O–H groups in total. The Balaban J connectivity index is 2.19. The monoisotopic (exact) mass is 462 g/mol. The summed E-state index contributed by atoms with van der Waals surface area (Å²) in [6, 6.07) is 8.80. The summed E-state index contributed by atoms with van der Waals surface area (Å²) in [5, 5.41) is 4.42. The van der Waals surface area contributed by atoms with Gasteiger partial charge in [0.2, 0.25) is 5.91 Å². The van der Waals surface area contributed by atoms with Crippen molar-refractivity contribution in [1.82, 2.24) is 4.90 Å². The fourth-order valence-corrected chi connectivity index (χ4v) is 3.86. The molecule has 2 aromatic rings. The highest BCUT2D eigenvalue weighted by molar-refractivity contribution is 7.93. The number of amides is 1. The number of ether oxygens (including phenoxy) is 4. The Bertz CT molecular complexity index is 923. The average Bonchev–Trinajstić information content (AvgIpc) is 2.76. The number of hydrogen-bond donors (Lipinski definition) is 1. The fraction of sp³-hybridized carbons (Fsp3) is 0.348. The molecule has 1 atom stereocenters. The number of nitrogens with one attached hydrogen (secondary N) is 1. The molecule has 1 unspecified atom stereocenters. The van der Waals surface area contributed by atoms with Crippen molar-refractivity contribution in [2.24, 2.45) is 0 Å². The standard InChI is InChI=1S/C23H30N2O6S/c1-25(2)14-23(26)24-19-11-16(7-8-20(19)29-4)15-32(27)10-9-18-21(30-5)12-17(28-3)13-22(18)31-6/h7-13H,14-15H2,1-6H3,(H,24,26). The number of hydrogen-bond acceptors (Lipinski definition) is 7. The van der Waals surface area contributed by atoms with Gasteiger partial charge >= 0.3 is 0 Å². The number of methoxy groups -OCH3 is 4. The summed E-state index contributed by atoms with van der Waals surface area (Å²) in [5.41, 5.74) is 1.99. The lowest BCUT2D eigenvalue weighted by molar-refractivity contribution is -0.116. The molecule has 0 bridgehead atoms. The van der Waals surface area contributed by atoms with E-state index in [2.05, 4.69) is 5.32 Å². The SMILES string of the molecule is COc1cc(OC)c(C=C[S+]([O-])Cc2ccc(OC)c(NC(=O)CN(C)C)c2)c(OC)c1. The number of benzene rings is 2. The Morgan fingerprint density at radius 3 is 2.16 bits per heavy atom. The Kier molecular flexibility index (Phi) is 9.70. The first-order valence-electron chi connectivity index (χ1n) is 9.78. The lowest BCUT2D eigenvalue weighted by Gasteiger charge is -2.15. The fourth-order valence-electron chi connectivity index (χ4n) is 2.97. The highest BCUT2D eigenvalue weighted by Gasteiger charge is 2.14. The van der Waals surface area contributed by atoms with E-state index >= 15 is 0 Å². The molecule has 2 rings (SSSR count). The van der Waals surface area contributed by atoms with Gasteiger partial charge in [-0.15, -0.1) is 0 Å². The maximum Gasteiger partial charge on any atom is 0.238 e. The summed E-state index contributed by atoms with van der Waals surface area (Å²) in [6.45, 7) is 0.244. The summed E-state index contributed by atoms with van der Waals surface area (Å²) in [6.07, 6.45) is 1.70. The van der Waals surface area contributed by atoms with Crippen LogP contribution in [-0.4, -0.2) is 64.4 Å². The zero-order chi connectivity index (χ0) is 23.7. The molecule has 0 heterocycles. The van der Waals surface area contributed by atoms with Crippen LogP contribution < -0.4 is 24.3 Å². The molecule has 0 spiro atoms. The van der Waals surface area contributed by atoms with Gasteiger partial charge in [-0.2, -0.15) is 0 Å². The van der Waals surface area contributed by atoms with Gasteiger partial charge in [-0.25, -0.2) is 0 Å². The predicted molar refractivity (Wildman–Crippen MR) is 127 cm³/mol. The molecule has 0 aliphatic heterocycles. The molecule has 0 radical (unpaired) electrons. The van der Waals surface area contributed by atoms with Crippen molar-refractivity contribution >= 4 is 28.8 Å². The minimum absolute atomic E-state index is 0.162. The molecule has 174 valence electrons. The molecule has 0 saturated heterocycles. The maximum absolute atomic E-state index is 12.7. The van der Waals surface area contributed by atoms with Crippen molar-refractivity contribution in [2.45, 2.75) is 5.75 Å². The minimum Gasteiger partial charge on any atom is -0.612 e. The third-order valence-corrected chi connectivity index (χ3v) is 5.50. The molecule has 0 saturated carbocycles. The van der Waals surface area contributed by atoms with Crippen LogP contribution in [0.4, 0.5) is 5.69 Å². The Morgan fingerprint density at radius 2 is 1.62 bits per heavy atom. The van der Waals surface area contributed by atoms with E-state index in [-0.39, 0.29) is 18.2 Å². The van der Waals surface area contributed by atoms with Crippen molar-refractivity contribution in [3.63, 3.8) is 0 Å². The molecular formula is C23H30N2O6S. The molecule has 0 aliphatic carbocycles. The Hall–Kier alpha value is -2.88.